The van der Waals surface area contributed by atoms with Gasteiger partial charge in [0.2, 0.25) is 5.91 Å². The summed E-state index contributed by atoms with van der Waals surface area (Å²) in [5.74, 6) is 1.74. The lowest BCUT2D eigenvalue weighted by Crippen LogP contribution is -2.40. The van der Waals surface area contributed by atoms with Gasteiger partial charge in [0.15, 0.2) is 0 Å². The highest BCUT2D eigenvalue weighted by atomic mass is 16.5. The van der Waals surface area contributed by atoms with E-state index in [1.54, 1.807) is 14.2 Å². The third-order valence-corrected chi connectivity index (χ3v) is 4.24. The number of ether oxygens (including phenoxy) is 2. The lowest BCUT2D eigenvalue weighted by Gasteiger charge is -2.32. The molecule has 116 valence electrons. The van der Waals surface area contributed by atoms with Crippen molar-refractivity contribution in [3.63, 3.8) is 0 Å². The van der Waals surface area contributed by atoms with Gasteiger partial charge in [-0.15, -0.1) is 0 Å². The van der Waals surface area contributed by atoms with Crippen LogP contribution >= 0.6 is 0 Å². The number of methoxy groups -OCH3 is 2. The zero-order chi connectivity index (χ0) is 15.1. The van der Waals surface area contributed by atoms with E-state index in [2.05, 4.69) is 12.1 Å². The third-order valence-electron chi connectivity index (χ3n) is 4.24. The van der Waals surface area contributed by atoms with Crippen molar-refractivity contribution in [1.29, 1.82) is 0 Å². The molecule has 1 amide bonds. The molecule has 0 spiro atoms. The molecule has 1 saturated heterocycles. The first-order valence-electron chi connectivity index (χ1n) is 7.62. The van der Waals surface area contributed by atoms with Gasteiger partial charge in [-0.25, -0.2) is 0 Å². The lowest BCUT2D eigenvalue weighted by atomic mass is 9.90. The second-order valence-electron chi connectivity index (χ2n) is 5.64. The summed E-state index contributed by atoms with van der Waals surface area (Å²) in [6.45, 7) is 1.95. The van der Waals surface area contributed by atoms with Crippen LogP contribution in [0.5, 0.6) is 5.75 Å². The Morgan fingerprint density at radius 2 is 1.86 bits per heavy atom. The highest BCUT2D eigenvalue weighted by Gasteiger charge is 2.22. The van der Waals surface area contributed by atoms with E-state index in [1.165, 1.54) is 12.0 Å². The molecule has 0 bridgehead atoms. The van der Waals surface area contributed by atoms with E-state index in [0.717, 1.165) is 44.0 Å². The van der Waals surface area contributed by atoms with Crippen LogP contribution in [0.4, 0.5) is 0 Å². The lowest BCUT2D eigenvalue weighted by molar-refractivity contribution is -0.136. The first-order valence-corrected chi connectivity index (χ1v) is 7.62. The van der Waals surface area contributed by atoms with Crippen LogP contribution in [0.25, 0.3) is 0 Å². The summed E-state index contributed by atoms with van der Waals surface area (Å²) in [6.07, 6.45) is 4.50. The van der Waals surface area contributed by atoms with Crippen LogP contribution in [0.1, 0.15) is 24.8 Å². The van der Waals surface area contributed by atoms with Crippen LogP contribution in [0, 0.1) is 5.92 Å². The molecule has 0 saturated carbocycles. The molecule has 1 aliphatic heterocycles. The molecule has 0 atom stereocenters. The predicted octanol–water partition coefficient (Wildman–Crippen LogP) is 2.51. The van der Waals surface area contributed by atoms with Crippen LogP contribution in [-0.4, -0.2) is 44.7 Å². The summed E-state index contributed by atoms with van der Waals surface area (Å²) in [7, 11) is 3.26. The molecule has 2 rings (SSSR count). The molecular formula is C17H25NO3. The summed E-state index contributed by atoms with van der Waals surface area (Å²) in [5.41, 5.74) is 1.36. The normalized spacial score (nSPS) is 16.0. The van der Waals surface area contributed by atoms with Crippen LogP contribution in [0.15, 0.2) is 24.3 Å². The number of rotatable bonds is 6. The molecule has 0 radical (unpaired) electrons. The Bertz CT molecular complexity index is 436. The Kier molecular flexibility index (Phi) is 6.05. The fourth-order valence-electron chi connectivity index (χ4n) is 2.85. The molecule has 4 heteroatoms. The van der Waals surface area contributed by atoms with E-state index >= 15 is 0 Å². The number of benzene rings is 1. The smallest absolute Gasteiger partial charge is 0.248 e. The Balaban J connectivity index is 1.72. The van der Waals surface area contributed by atoms with Gasteiger partial charge in [0.1, 0.15) is 12.4 Å². The minimum absolute atomic E-state index is 0.117. The van der Waals surface area contributed by atoms with E-state index in [-0.39, 0.29) is 12.5 Å². The Labute approximate surface area is 127 Å². The molecule has 1 aliphatic rings. The summed E-state index contributed by atoms with van der Waals surface area (Å²) in [6, 6.07) is 8.30. The highest BCUT2D eigenvalue weighted by molar-refractivity contribution is 5.77. The molecule has 0 unspecified atom stereocenters. The largest absolute Gasteiger partial charge is 0.497 e. The van der Waals surface area contributed by atoms with Gasteiger partial charge in [-0.3, -0.25) is 4.79 Å². The van der Waals surface area contributed by atoms with Crippen molar-refractivity contribution in [2.75, 3.05) is 33.9 Å². The van der Waals surface area contributed by atoms with Crippen LogP contribution in [0.2, 0.25) is 0 Å². The molecule has 1 aromatic rings. The number of likely N-dealkylation sites (tertiary alicyclic amines) is 1. The molecule has 1 aromatic carbocycles. The van der Waals surface area contributed by atoms with Gasteiger partial charge in [0, 0.05) is 20.2 Å². The molecule has 0 N–H and O–H groups in total. The van der Waals surface area contributed by atoms with Gasteiger partial charge in [0.25, 0.3) is 0 Å². The second kappa shape index (κ2) is 8.03. The maximum atomic E-state index is 11.7. The van der Waals surface area contributed by atoms with Gasteiger partial charge in [-0.1, -0.05) is 12.1 Å². The average molecular weight is 291 g/mol. The minimum Gasteiger partial charge on any atom is -0.497 e. The molecule has 4 nitrogen and oxygen atoms in total. The fourth-order valence-corrected chi connectivity index (χ4v) is 2.85. The monoisotopic (exact) mass is 291 g/mol. The Morgan fingerprint density at radius 1 is 1.19 bits per heavy atom. The second-order valence-corrected chi connectivity index (χ2v) is 5.64. The highest BCUT2D eigenvalue weighted by Crippen LogP contribution is 2.23. The number of hydrogen-bond acceptors (Lipinski definition) is 3. The van der Waals surface area contributed by atoms with Gasteiger partial charge in [-0.05, 0) is 49.3 Å². The van der Waals surface area contributed by atoms with E-state index in [1.807, 2.05) is 17.0 Å². The zero-order valence-corrected chi connectivity index (χ0v) is 13.0. The van der Waals surface area contributed by atoms with Crippen molar-refractivity contribution in [3.05, 3.63) is 29.8 Å². The first-order chi connectivity index (χ1) is 10.2. The van der Waals surface area contributed by atoms with E-state index in [9.17, 15) is 4.79 Å². The van der Waals surface area contributed by atoms with Crippen LogP contribution < -0.4 is 4.74 Å². The van der Waals surface area contributed by atoms with E-state index in [4.69, 9.17) is 9.47 Å². The predicted molar refractivity (Wildman–Crippen MR) is 82.5 cm³/mol. The minimum atomic E-state index is 0.117. The van der Waals surface area contributed by atoms with E-state index in [0.29, 0.717) is 0 Å². The molecular weight excluding hydrogens is 266 g/mol. The molecule has 21 heavy (non-hydrogen) atoms. The fraction of sp³-hybridized carbons (Fsp3) is 0.588. The van der Waals surface area contributed by atoms with Crippen LogP contribution in [-0.2, 0) is 16.0 Å². The number of piperidine rings is 1. The quantitative estimate of drug-likeness (QED) is 0.808. The maximum Gasteiger partial charge on any atom is 0.248 e. The SMILES string of the molecule is COCC(=O)N1CCC(CCc2ccc(OC)cc2)CC1. The Morgan fingerprint density at radius 3 is 2.43 bits per heavy atom. The molecule has 1 fully saturated rings. The summed E-state index contributed by atoms with van der Waals surface area (Å²) in [5, 5.41) is 0. The average Bonchev–Trinajstić information content (AvgIpc) is 2.54. The number of nitrogens with zero attached hydrogens (tertiary/aromatic N) is 1. The number of amides is 1. The van der Waals surface area contributed by atoms with Gasteiger partial charge >= 0.3 is 0 Å². The standard InChI is InChI=1S/C17H25NO3/c1-20-13-17(19)18-11-9-15(10-12-18)4-3-14-5-7-16(21-2)8-6-14/h5-8,15H,3-4,9-13H2,1-2H3. The van der Waals surface area contributed by atoms with Gasteiger partial charge < -0.3 is 14.4 Å². The van der Waals surface area contributed by atoms with Gasteiger partial charge in [0.05, 0.1) is 7.11 Å². The maximum absolute atomic E-state index is 11.7. The van der Waals surface area contributed by atoms with Crippen molar-refractivity contribution in [1.82, 2.24) is 4.90 Å². The van der Waals surface area contributed by atoms with Crippen molar-refractivity contribution in [3.8, 4) is 5.75 Å². The third kappa shape index (κ3) is 4.74. The zero-order valence-electron chi connectivity index (χ0n) is 13.0. The number of aryl methyl sites for hydroxylation is 1. The number of carbonyl (C=O) groups excluding carboxylic acids is 1. The molecule has 0 aromatic heterocycles. The van der Waals surface area contributed by atoms with Crippen molar-refractivity contribution in [2.45, 2.75) is 25.7 Å². The first kappa shape index (κ1) is 15.8. The van der Waals surface area contributed by atoms with Crippen molar-refractivity contribution >= 4 is 5.91 Å². The van der Waals surface area contributed by atoms with Crippen LogP contribution in [0.3, 0.4) is 0 Å². The summed E-state index contributed by atoms with van der Waals surface area (Å²) < 4.78 is 10.1. The van der Waals surface area contributed by atoms with Gasteiger partial charge in [-0.2, -0.15) is 0 Å². The summed E-state index contributed by atoms with van der Waals surface area (Å²) in [4.78, 5) is 13.7. The van der Waals surface area contributed by atoms with Crippen molar-refractivity contribution < 1.29 is 14.3 Å². The van der Waals surface area contributed by atoms with Crippen molar-refractivity contribution in [2.24, 2.45) is 5.92 Å². The van der Waals surface area contributed by atoms with E-state index < -0.39 is 0 Å². The molecule has 1 heterocycles. The Hall–Kier alpha value is -1.55. The topological polar surface area (TPSA) is 38.8 Å². The number of carbonyl (C=O) groups is 1. The molecule has 0 aliphatic carbocycles. The number of hydrogen-bond donors (Lipinski definition) is 0. The summed E-state index contributed by atoms with van der Waals surface area (Å²) >= 11 is 0.